The zero-order chi connectivity index (χ0) is 11.4. The van der Waals surface area contributed by atoms with Gasteiger partial charge in [0.15, 0.2) is 0 Å². The Labute approximate surface area is 87.0 Å². The molecule has 0 aliphatic carbocycles. The van der Waals surface area contributed by atoms with Crippen molar-refractivity contribution in [1.29, 1.82) is 0 Å². The number of hydrogen-bond acceptors (Lipinski definition) is 2. The molecule has 0 aromatic heterocycles. The molecule has 1 aromatic carbocycles. The minimum absolute atomic E-state index is 0.238. The Hall–Kier alpha value is -2.10. The van der Waals surface area contributed by atoms with Crippen LogP contribution in [-0.4, -0.2) is 17.0 Å². The monoisotopic (exact) mass is 205 g/mol. The van der Waals surface area contributed by atoms with E-state index in [1.54, 1.807) is 24.3 Å². The topological polar surface area (TPSA) is 80.4 Å². The third-order valence-corrected chi connectivity index (χ3v) is 1.92. The molecular weight excluding hydrogens is 194 g/mol. The van der Waals surface area contributed by atoms with E-state index in [4.69, 9.17) is 10.8 Å². The number of rotatable bonds is 3. The van der Waals surface area contributed by atoms with E-state index in [1.807, 2.05) is 0 Å². The number of carbonyl (C=O) groups excluding carboxylic acids is 1. The molecule has 78 valence electrons. The SMILES string of the molecule is CC(=Cc1ccc(C(N)=O)cc1)C(=O)O. The van der Waals surface area contributed by atoms with Gasteiger partial charge < -0.3 is 10.8 Å². The number of primary amides is 1. The van der Waals surface area contributed by atoms with Crippen molar-refractivity contribution in [2.45, 2.75) is 6.92 Å². The van der Waals surface area contributed by atoms with Gasteiger partial charge >= 0.3 is 5.97 Å². The lowest BCUT2D eigenvalue weighted by Gasteiger charge is -1.97. The van der Waals surface area contributed by atoms with Gasteiger partial charge in [-0.2, -0.15) is 0 Å². The van der Waals surface area contributed by atoms with E-state index in [0.29, 0.717) is 5.56 Å². The number of amides is 1. The molecule has 0 heterocycles. The highest BCUT2D eigenvalue weighted by Gasteiger charge is 2.01. The van der Waals surface area contributed by atoms with Gasteiger partial charge in [0.05, 0.1) is 0 Å². The van der Waals surface area contributed by atoms with Crippen molar-refractivity contribution in [3.63, 3.8) is 0 Å². The van der Waals surface area contributed by atoms with Crippen LogP contribution in [0.25, 0.3) is 6.08 Å². The summed E-state index contributed by atoms with van der Waals surface area (Å²) in [5, 5.41) is 8.64. The average molecular weight is 205 g/mol. The molecule has 4 heteroatoms. The van der Waals surface area contributed by atoms with Crippen LogP contribution in [-0.2, 0) is 4.79 Å². The van der Waals surface area contributed by atoms with E-state index < -0.39 is 11.9 Å². The maximum absolute atomic E-state index is 10.8. The van der Waals surface area contributed by atoms with Crippen LogP contribution < -0.4 is 5.73 Å². The largest absolute Gasteiger partial charge is 0.478 e. The molecule has 0 bridgehead atoms. The molecule has 1 amide bonds. The van der Waals surface area contributed by atoms with Crippen LogP contribution in [0.2, 0.25) is 0 Å². The molecule has 4 nitrogen and oxygen atoms in total. The van der Waals surface area contributed by atoms with Crippen molar-refractivity contribution in [2.24, 2.45) is 5.73 Å². The first-order valence-corrected chi connectivity index (χ1v) is 4.32. The van der Waals surface area contributed by atoms with Crippen molar-refractivity contribution in [3.8, 4) is 0 Å². The van der Waals surface area contributed by atoms with Crippen LogP contribution in [0.15, 0.2) is 29.8 Å². The van der Waals surface area contributed by atoms with Crippen molar-refractivity contribution in [3.05, 3.63) is 41.0 Å². The molecule has 0 radical (unpaired) electrons. The zero-order valence-corrected chi connectivity index (χ0v) is 8.23. The molecule has 0 aliphatic rings. The number of carbonyl (C=O) groups is 2. The second-order valence-corrected chi connectivity index (χ2v) is 3.12. The number of carboxylic acids is 1. The van der Waals surface area contributed by atoms with E-state index in [1.165, 1.54) is 13.0 Å². The maximum Gasteiger partial charge on any atom is 0.331 e. The van der Waals surface area contributed by atoms with E-state index in [9.17, 15) is 9.59 Å². The molecule has 0 spiro atoms. The maximum atomic E-state index is 10.8. The lowest BCUT2D eigenvalue weighted by atomic mass is 10.1. The molecule has 0 atom stereocenters. The van der Waals surface area contributed by atoms with Crippen LogP contribution in [0.1, 0.15) is 22.8 Å². The van der Waals surface area contributed by atoms with Crippen molar-refractivity contribution < 1.29 is 14.7 Å². The van der Waals surface area contributed by atoms with Crippen LogP contribution in [0.3, 0.4) is 0 Å². The van der Waals surface area contributed by atoms with Crippen LogP contribution >= 0.6 is 0 Å². The van der Waals surface area contributed by atoms with Crippen LogP contribution in [0, 0.1) is 0 Å². The summed E-state index contributed by atoms with van der Waals surface area (Å²) in [6.07, 6.45) is 1.52. The second kappa shape index (κ2) is 4.41. The first-order valence-electron chi connectivity index (χ1n) is 4.32. The van der Waals surface area contributed by atoms with Gasteiger partial charge in [-0.25, -0.2) is 4.79 Å². The summed E-state index contributed by atoms with van der Waals surface area (Å²) >= 11 is 0. The summed E-state index contributed by atoms with van der Waals surface area (Å²) in [7, 11) is 0. The predicted octanol–water partition coefficient (Wildman–Crippen LogP) is 1.27. The minimum atomic E-state index is -0.964. The van der Waals surface area contributed by atoms with Crippen LogP contribution in [0.4, 0.5) is 0 Å². The Morgan fingerprint density at radius 1 is 1.27 bits per heavy atom. The Morgan fingerprint density at radius 3 is 2.20 bits per heavy atom. The molecule has 1 rings (SSSR count). The summed E-state index contributed by atoms with van der Waals surface area (Å²) in [4.78, 5) is 21.3. The lowest BCUT2D eigenvalue weighted by Crippen LogP contribution is -2.10. The highest BCUT2D eigenvalue weighted by molar-refractivity contribution is 5.94. The zero-order valence-electron chi connectivity index (χ0n) is 8.23. The van der Waals surface area contributed by atoms with Crippen molar-refractivity contribution in [1.82, 2.24) is 0 Å². The van der Waals surface area contributed by atoms with Gasteiger partial charge in [-0.05, 0) is 30.7 Å². The van der Waals surface area contributed by atoms with Gasteiger partial charge in [0.1, 0.15) is 0 Å². The number of hydrogen-bond donors (Lipinski definition) is 2. The number of aliphatic carboxylic acids is 1. The summed E-state index contributed by atoms with van der Waals surface area (Å²) < 4.78 is 0. The Bertz CT molecular complexity index is 418. The molecule has 3 N–H and O–H groups in total. The predicted molar refractivity (Wildman–Crippen MR) is 56.2 cm³/mol. The van der Waals surface area contributed by atoms with E-state index >= 15 is 0 Å². The average Bonchev–Trinajstić information content (AvgIpc) is 2.18. The highest BCUT2D eigenvalue weighted by atomic mass is 16.4. The smallest absolute Gasteiger partial charge is 0.331 e. The highest BCUT2D eigenvalue weighted by Crippen LogP contribution is 2.08. The fourth-order valence-corrected chi connectivity index (χ4v) is 1.06. The normalized spacial score (nSPS) is 11.1. The van der Waals surface area contributed by atoms with Crippen LogP contribution in [0.5, 0.6) is 0 Å². The first kappa shape index (κ1) is 11.0. The summed E-state index contributed by atoms with van der Waals surface area (Å²) in [5.74, 6) is -1.46. The summed E-state index contributed by atoms with van der Waals surface area (Å²) in [6.45, 7) is 1.50. The molecule has 0 saturated carbocycles. The molecule has 1 aromatic rings. The van der Waals surface area contributed by atoms with E-state index in [2.05, 4.69) is 0 Å². The summed E-state index contributed by atoms with van der Waals surface area (Å²) in [6, 6.07) is 6.41. The van der Waals surface area contributed by atoms with Crippen molar-refractivity contribution >= 4 is 18.0 Å². The van der Waals surface area contributed by atoms with Gasteiger partial charge in [-0.15, -0.1) is 0 Å². The molecule has 15 heavy (non-hydrogen) atoms. The van der Waals surface area contributed by atoms with Gasteiger partial charge in [-0.1, -0.05) is 12.1 Å². The van der Waals surface area contributed by atoms with E-state index in [-0.39, 0.29) is 5.57 Å². The van der Waals surface area contributed by atoms with Gasteiger partial charge in [-0.3, -0.25) is 4.79 Å². The summed E-state index contributed by atoms with van der Waals surface area (Å²) in [5.41, 5.74) is 6.43. The minimum Gasteiger partial charge on any atom is -0.478 e. The third-order valence-electron chi connectivity index (χ3n) is 1.92. The Kier molecular flexibility index (Phi) is 3.23. The lowest BCUT2D eigenvalue weighted by molar-refractivity contribution is -0.132. The fourth-order valence-electron chi connectivity index (χ4n) is 1.06. The van der Waals surface area contributed by atoms with Gasteiger partial charge in [0.2, 0.25) is 5.91 Å². The van der Waals surface area contributed by atoms with Gasteiger partial charge in [0, 0.05) is 11.1 Å². The quantitative estimate of drug-likeness (QED) is 0.729. The molecule has 0 saturated heterocycles. The number of benzene rings is 1. The Morgan fingerprint density at radius 2 is 1.80 bits per heavy atom. The van der Waals surface area contributed by atoms with Crippen molar-refractivity contribution in [2.75, 3.05) is 0 Å². The number of carboxylic acid groups (broad SMARTS) is 1. The van der Waals surface area contributed by atoms with Gasteiger partial charge in [0.25, 0.3) is 0 Å². The van der Waals surface area contributed by atoms with E-state index in [0.717, 1.165) is 5.56 Å². The second-order valence-electron chi connectivity index (χ2n) is 3.12. The molecule has 0 unspecified atom stereocenters. The first-order chi connectivity index (χ1) is 7.00. The third kappa shape index (κ3) is 2.95. The molecule has 0 fully saturated rings. The number of nitrogens with two attached hydrogens (primary N) is 1. The molecular formula is C11H11NO3. The fraction of sp³-hybridized carbons (Fsp3) is 0.0909. The standard InChI is InChI=1S/C11H11NO3/c1-7(11(14)15)6-8-2-4-9(5-3-8)10(12)13/h2-6H,1H3,(H2,12,13)(H,14,15). The molecule has 0 aliphatic heterocycles. The Balaban J connectivity index is 2.95.